The van der Waals surface area contributed by atoms with E-state index in [0.717, 1.165) is 24.2 Å². The lowest BCUT2D eigenvalue weighted by atomic mass is 10.1. The van der Waals surface area contributed by atoms with E-state index >= 15 is 0 Å². The summed E-state index contributed by atoms with van der Waals surface area (Å²) in [5, 5.41) is 5.16. The Kier molecular flexibility index (Phi) is 8.80. The van der Waals surface area contributed by atoms with Crippen LogP contribution in [0.25, 0.3) is 0 Å². The van der Waals surface area contributed by atoms with Gasteiger partial charge in [0.05, 0.1) is 25.3 Å². The lowest BCUT2D eigenvalue weighted by Gasteiger charge is -2.20. The van der Waals surface area contributed by atoms with E-state index in [1.165, 1.54) is 12.0 Å². The zero-order chi connectivity index (χ0) is 23.1. The summed E-state index contributed by atoms with van der Waals surface area (Å²) in [4.78, 5) is 41.5. The Bertz CT molecular complexity index is 937. The molecular weight excluding hydrogens is 452 g/mol. The van der Waals surface area contributed by atoms with Crippen LogP contribution < -0.4 is 5.32 Å². The molecule has 1 N–H and O–H groups in total. The minimum atomic E-state index is -0.579. The molecule has 2 heterocycles. The number of methoxy groups -OCH3 is 1. The number of nitrogens with one attached hydrogen (secondary N) is 1. The third-order valence-corrected chi connectivity index (χ3v) is 6.98. The fourth-order valence-corrected chi connectivity index (χ4v) is 5.07. The van der Waals surface area contributed by atoms with E-state index in [2.05, 4.69) is 16.3 Å². The Hall–Kier alpha value is -2.27. The van der Waals surface area contributed by atoms with Crippen LogP contribution >= 0.6 is 22.7 Å². The maximum atomic E-state index is 12.9. The largest absolute Gasteiger partial charge is 0.462 e. The zero-order valence-corrected chi connectivity index (χ0v) is 20.1. The third kappa shape index (κ3) is 6.38. The standard InChI is InChI=1S/C22H28N2O6S2/c1-4-29-21(26)18-14(2)19(22(27)30-10-9-28-3)32-20(18)23-17(25)13-24(15-7-8-15)12-16-6-5-11-31-16/h5-6,11,15H,4,7-10,12-13H2,1-3H3,(H,23,25). The number of carbonyl (C=O) groups excluding carboxylic acids is 3. The van der Waals surface area contributed by atoms with E-state index in [1.54, 1.807) is 25.2 Å². The average Bonchev–Trinajstić information content (AvgIpc) is 3.38. The van der Waals surface area contributed by atoms with Crippen molar-refractivity contribution in [2.45, 2.75) is 39.3 Å². The van der Waals surface area contributed by atoms with Gasteiger partial charge in [-0.25, -0.2) is 9.59 Å². The van der Waals surface area contributed by atoms with E-state index < -0.39 is 11.9 Å². The Morgan fingerprint density at radius 3 is 2.59 bits per heavy atom. The van der Waals surface area contributed by atoms with Crippen molar-refractivity contribution in [3.63, 3.8) is 0 Å². The first kappa shape index (κ1) is 24.4. The van der Waals surface area contributed by atoms with Gasteiger partial charge < -0.3 is 19.5 Å². The molecule has 2 aromatic heterocycles. The molecule has 0 radical (unpaired) electrons. The summed E-state index contributed by atoms with van der Waals surface area (Å²) in [6.07, 6.45) is 2.14. The number of hydrogen-bond acceptors (Lipinski definition) is 9. The molecule has 1 amide bonds. The van der Waals surface area contributed by atoms with Gasteiger partial charge in [-0.15, -0.1) is 22.7 Å². The molecule has 10 heteroatoms. The van der Waals surface area contributed by atoms with E-state index in [4.69, 9.17) is 14.2 Å². The fraction of sp³-hybridized carbons (Fsp3) is 0.500. The van der Waals surface area contributed by atoms with E-state index in [0.29, 0.717) is 23.2 Å². The number of ether oxygens (including phenoxy) is 3. The van der Waals surface area contributed by atoms with Crippen molar-refractivity contribution in [3.05, 3.63) is 38.4 Å². The first-order valence-corrected chi connectivity index (χ1v) is 12.2. The van der Waals surface area contributed by atoms with E-state index in [9.17, 15) is 14.4 Å². The Balaban J connectivity index is 1.75. The van der Waals surface area contributed by atoms with Crippen LogP contribution in [-0.2, 0) is 25.5 Å². The van der Waals surface area contributed by atoms with E-state index in [-0.39, 0.29) is 42.7 Å². The number of esters is 2. The summed E-state index contributed by atoms with van der Waals surface area (Å²) in [5.74, 6) is -1.38. The van der Waals surface area contributed by atoms with Gasteiger partial charge in [0.2, 0.25) is 5.91 Å². The quantitative estimate of drug-likeness (QED) is 0.366. The van der Waals surface area contributed by atoms with Crippen LogP contribution in [-0.4, -0.2) is 62.3 Å². The molecule has 0 spiro atoms. The van der Waals surface area contributed by atoms with Crippen LogP contribution in [0.4, 0.5) is 5.00 Å². The molecule has 1 aliphatic carbocycles. The molecule has 0 bridgehead atoms. The lowest BCUT2D eigenvalue weighted by Crippen LogP contribution is -2.34. The molecule has 0 aromatic carbocycles. The SMILES string of the molecule is CCOC(=O)c1c(NC(=O)CN(Cc2cccs2)C2CC2)sc(C(=O)OCCOC)c1C. The van der Waals surface area contributed by atoms with Crippen molar-refractivity contribution in [2.24, 2.45) is 0 Å². The second-order valence-corrected chi connectivity index (χ2v) is 9.43. The number of hydrogen-bond donors (Lipinski definition) is 1. The highest BCUT2D eigenvalue weighted by Gasteiger charge is 2.32. The summed E-state index contributed by atoms with van der Waals surface area (Å²) in [6.45, 7) is 4.82. The van der Waals surface area contributed by atoms with Crippen LogP contribution in [0.2, 0.25) is 0 Å². The highest BCUT2D eigenvalue weighted by Crippen LogP contribution is 2.35. The Morgan fingerprint density at radius 2 is 1.97 bits per heavy atom. The van der Waals surface area contributed by atoms with Crippen molar-refractivity contribution < 1.29 is 28.6 Å². The lowest BCUT2D eigenvalue weighted by molar-refractivity contribution is -0.117. The van der Waals surface area contributed by atoms with Crippen LogP contribution in [0, 0.1) is 6.92 Å². The number of anilines is 1. The predicted molar refractivity (Wildman–Crippen MR) is 124 cm³/mol. The third-order valence-electron chi connectivity index (χ3n) is 4.93. The number of amides is 1. The smallest absolute Gasteiger partial charge is 0.348 e. The minimum Gasteiger partial charge on any atom is -0.462 e. The van der Waals surface area contributed by atoms with Gasteiger partial charge in [0, 0.05) is 24.6 Å². The summed E-state index contributed by atoms with van der Waals surface area (Å²) >= 11 is 2.69. The molecule has 174 valence electrons. The van der Waals surface area contributed by atoms with Gasteiger partial charge in [-0.2, -0.15) is 0 Å². The number of rotatable bonds is 12. The molecule has 0 unspecified atom stereocenters. The maximum Gasteiger partial charge on any atom is 0.348 e. The highest BCUT2D eigenvalue weighted by atomic mass is 32.1. The molecule has 8 nitrogen and oxygen atoms in total. The fourth-order valence-electron chi connectivity index (χ4n) is 3.24. The predicted octanol–water partition coefficient (Wildman–Crippen LogP) is 3.70. The van der Waals surface area contributed by atoms with Gasteiger partial charge in [0.15, 0.2) is 0 Å². The van der Waals surface area contributed by atoms with Crippen LogP contribution in [0.3, 0.4) is 0 Å². The van der Waals surface area contributed by atoms with Crippen LogP contribution in [0.15, 0.2) is 17.5 Å². The van der Waals surface area contributed by atoms with Gasteiger partial charge in [-0.3, -0.25) is 9.69 Å². The number of thiophene rings is 2. The second kappa shape index (κ2) is 11.6. The van der Waals surface area contributed by atoms with Gasteiger partial charge >= 0.3 is 11.9 Å². The summed E-state index contributed by atoms with van der Waals surface area (Å²) in [5.41, 5.74) is 0.629. The molecular formula is C22H28N2O6S2. The topological polar surface area (TPSA) is 94.2 Å². The van der Waals surface area contributed by atoms with Gasteiger partial charge in [0.25, 0.3) is 0 Å². The molecule has 32 heavy (non-hydrogen) atoms. The summed E-state index contributed by atoms with van der Waals surface area (Å²) in [7, 11) is 1.51. The summed E-state index contributed by atoms with van der Waals surface area (Å²) < 4.78 is 15.3. The molecule has 3 rings (SSSR count). The molecule has 2 aromatic rings. The average molecular weight is 481 g/mol. The highest BCUT2D eigenvalue weighted by molar-refractivity contribution is 7.18. The van der Waals surface area contributed by atoms with Crippen molar-refractivity contribution in [1.29, 1.82) is 0 Å². The summed E-state index contributed by atoms with van der Waals surface area (Å²) in [6, 6.07) is 4.45. The monoisotopic (exact) mass is 480 g/mol. The number of carbonyl (C=O) groups is 3. The minimum absolute atomic E-state index is 0.0994. The van der Waals surface area contributed by atoms with Crippen molar-refractivity contribution in [1.82, 2.24) is 4.90 Å². The van der Waals surface area contributed by atoms with Gasteiger partial charge in [-0.05, 0) is 43.7 Å². The maximum absolute atomic E-state index is 12.9. The Labute approximate surface area is 195 Å². The zero-order valence-electron chi connectivity index (χ0n) is 18.5. The molecule has 1 aliphatic rings. The normalized spacial score (nSPS) is 13.2. The molecule has 0 aliphatic heterocycles. The van der Waals surface area contributed by atoms with Crippen molar-refractivity contribution >= 4 is 45.5 Å². The van der Waals surface area contributed by atoms with Gasteiger partial charge in [0.1, 0.15) is 16.5 Å². The molecule has 1 saturated carbocycles. The molecule has 1 fully saturated rings. The van der Waals surface area contributed by atoms with Crippen LogP contribution in [0.1, 0.15) is 50.2 Å². The second-order valence-electron chi connectivity index (χ2n) is 7.37. The Morgan fingerprint density at radius 1 is 1.19 bits per heavy atom. The molecule has 0 saturated heterocycles. The number of nitrogens with zero attached hydrogens (tertiary/aromatic N) is 1. The van der Waals surface area contributed by atoms with E-state index in [1.807, 2.05) is 11.4 Å². The van der Waals surface area contributed by atoms with Gasteiger partial charge in [-0.1, -0.05) is 6.07 Å². The first-order chi connectivity index (χ1) is 15.4. The van der Waals surface area contributed by atoms with Crippen molar-refractivity contribution in [3.8, 4) is 0 Å². The first-order valence-electron chi connectivity index (χ1n) is 10.5. The molecule has 0 atom stereocenters. The van der Waals surface area contributed by atoms with Crippen LogP contribution in [0.5, 0.6) is 0 Å². The van der Waals surface area contributed by atoms with Crippen molar-refractivity contribution in [2.75, 3.05) is 38.8 Å².